The summed E-state index contributed by atoms with van der Waals surface area (Å²) in [6.07, 6.45) is 2.82. The average molecular weight is 206 g/mol. The second-order valence-electron chi connectivity index (χ2n) is 2.44. The van der Waals surface area contributed by atoms with Crippen LogP contribution >= 0.6 is 11.3 Å². The molecule has 0 amide bonds. The van der Waals surface area contributed by atoms with Crippen molar-refractivity contribution >= 4 is 21.4 Å². The Kier molecular flexibility index (Phi) is 2.81. The van der Waals surface area contributed by atoms with Crippen LogP contribution in [0.25, 0.3) is 0 Å². The molecule has 0 fully saturated rings. The van der Waals surface area contributed by atoms with Gasteiger partial charge in [-0.25, -0.2) is 18.1 Å². The first-order chi connectivity index (χ1) is 5.47. The summed E-state index contributed by atoms with van der Waals surface area (Å²) in [4.78, 5) is 4.93. The molecule has 4 nitrogen and oxygen atoms in total. The fourth-order valence-electron chi connectivity index (χ4n) is 0.689. The van der Waals surface area contributed by atoms with E-state index in [1.165, 1.54) is 11.3 Å². The fraction of sp³-hybridized carbons (Fsp3) is 0.500. The standard InChI is InChI=1S/C6H10N2O2S2/c1-5-7-3-6(11-5)4-8-12(2,9)10/h3,8H,4H2,1-2H3. The Bertz CT molecular complexity index is 355. The SMILES string of the molecule is Cc1ncc(CNS(C)(=O)=O)s1. The molecular weight excluding hydrogens is 196 g/mol. The molecule has 0 radical (unpaired) electrons. The molecule has 1 N–H and O–H groups in total. The molecule has 1 aromatic rings. The zero-order chi connectivity index (χ0) is 9.19. The first kappa shape index (κ1) is 9.63. The number of nitrogens with one attached hydrogen (secondary N) is 1. The minimum absolute atomic E-state index is 0.338. The molecule has 0 aliphatic rings. The highest BCUT2D eigenvalue weighted by atomic mass is 32.2. The van der Waals surface area contributed by atoms with Crippen LogP contribution in [0, 0.1) is 6.92 Å². The maximum atomic E-state index is 10.7. The largest absolute Gasteiger partial charge is 0.250 e. The van der Waals surface area contributed by atoms with Crippen molar-refractivity contribution in [3.05, 3.63) is 16.1 Å². The molecule has 0 spiro atoms. The molecule has 68 valence electrons. The van der Waals surface area contributed by atoms with Crippen LogP contribution in [0.1, 0.15) is 9.88 Å². The molecule has 0 saturated heterocycles. The van der Waals surface area contributed by atoms with Crippen molar-refractivity contribution in [3.8, 4) is 0 Å². The van der Waals surface area contributed by atoms with Crippen LogP contribution in [0.3, 0.4) is 0 Å². The van der Waals surface area contributed by atoms with Crippen molar-refractivity contribution < 1.29 is 8.42 Å². The fourth-order valence-corrected chi connectivity index (χ4v) is 1.93. The van der Waals surface area contributed by atoms with Gasteiger partial charge in [0.15, 0.2) is 0 Å². The number of hydrogen-bond acceptors (Lipinski definition) is 4. The normalized spacial score (nSPS) is 11.8. The van der Waals surface area contributed by atoms with Crippen molar-refractivity contribution in [2.75, 3.05) is 6.26 Å². The zero-order valence-electron chi connectivity index (χ0n) is 6.86. The second kappa shape index (κ2) is 3.51. The molecule has 1 heterocycles. The van der Waals surface area contributed by atoms with Gasteiger partial charge < -0.3 is 0 Å². The van der Waals surface area contributed by atoms with Gasteiger partial charge in [-0.05, 0) is 6.92 Å². The van der Waals surface area contributed by atoms with Gasteiger partial charge in [0.2, 0.25) is 10.0 Å². The number of thiazole rings is 1. The number of nitrogens with zero attached hydrogens (tertiary/aromatic N) is 1. The van der Waals surface area contributed by atoms with E-state index in [1.807, 2.05) is 6.92 Å². The lowest BCUT2D eigenvalue weighted by Gasteiger charge is -1.96. The zero-order valence-corrected chi connectivity index (χ0v) is 8.50. The van der Waals surface area contributed by atoms with Crippen LogP contribution in [-0.2, 0) is 16.6 Å². The summed E-state index contributed by atoms with van der Waals surface area (Å²) in [5, 5.41) is 0.945. The summed E-state index contributed by atoms with van der Waals surface area (Å²) in [6.45, 7) is 2.22. The van der Waals surface area contributed by atoms with Gasteiger partial charge in [-0.2, -0.15) is 0 Å². The Labute approximate surface area is 75.7 Å². The van der Waals surface area contributed by atoms with Gasteiger partial charge in [-0.1, -0.05) is 0 Å². The van der Waals surface area contributed by atoms with E-state index in [1.54, 1.807) is 6.20 Å². The van der Waals surface area contributed by atoms with Crippen LogP contribution < -0.4 is 4.72 Å². The molecule has 0 unspecified atom stereocenters. The monoisotopic (exact) mass is 206 g/mol. The van der Waals surface area contributed by atoms with E-state index < -0.39 is 10.0 Å². The van der Waals surface area contributed by atoms with E-state index in [0.717, 1.165) is 16.1 Å². The highest BCUT2D eigenvalue weighted by Gasteiger charge is 2.02. The van der Waals surface area contributed by atoms with Crippen molar-refractivity contribution in [1.29, 1.82) is 0 Å². The van der Waals surface area contributed by atoms with E-state index in [2.05, 4.69) is 9.71 Å². The van der Waals surface area contributed by atoms with Gasteiger partial charge in [0, 0.05) is 17.6 Å². The van der Waals surface area contributed by atoms with E-state index in [4.69, 9.17) is 0 Å². The maximum Gasteiger partial charge on any atom is 0.209 e. The van der Waals surface area contributed by atoms with Crippen LogP contribution in [-0.4, -0.2) is 19.7 Å². The number of aryl methyl sites for hydroxylation is 1. The van der Waals surface area contributed by atoms with Crippen molar-refractivity contribution in [1.82, 2.24) is 9.71 Å². The lowest BCUT2D eigenvalue weighted by molar-refractivity contribution is 0.588. The number of rotatable bonds is 3. The molecular formula is C6H10N2O2S2. The van der Waals surface area contributed by atoms with Crippen molar-refractivity contribution in [3.63, 3.8) is 0 Å². The Morgan fingerprint density at radius 2 is 2.33 bits per heavy atom. The summed E-state index contributed by atoms with van der Waals surface area (Å²) < 4.78 is 23.8. The molecule has 0 bridgehead atoms. The highest BCUT2D eigenvalue weighted by molar-refractivity contribution is 7.88. The van der Waals surface area contributed by atoms with Gasteiger partial charge in [-0.3, -0.25) is 0 Å². The third-order valence-corrected chi connectivity index (χ3v) is 2.76. The molecule has 1 aromatic heterocycles. The van der Waals surface area contributed by atoms with Crippen LogP contribution in [0.4, 0.5) is 0 Å². The Hall–Kier alpha value is -0.460. The first-order valence-electron chi connectivity index (χ1n) is 3.33. The predicted octanol–water partition coefficient (Wildman–Crippen LogP) is 0.501. The Morgan fingerprint density at radius 1 is 1.67 bits per heavy atom. The van der Waals surface area contributed by atoms with Gasteiger partial charge in [0.05, 0.1) is 11.3 Å². The highest BCUT2D eigenvalue weighted by Crippen LogP contribution is 2.10. The number of sulfonamides is 1. The summed E-state index contributed by atoms with van der Waals surface area (Å²) in [5.74, 6) is 0. The molecule has 0 saturated carbocycles. The lowest BCUT2D eigenvalue weighted by Crippen LogP contribution is -2.20. The lowest BCUT2D eigenvalue weighted by atomic mass is 10.6. The maximum absolute atomic E-state index is 10.7. The third-order valence-electron chi connectivity index (χ3n) is 1.18. The number of aromatic nitrogens is 1. The van der Waals surface area contributed by atoms with Crippen LogP contribution in [0.5, 0.6) is 0 Å². The predicted molar refractivity (Wildman–Crippen MR) is 48.5 cm³/mol. The van der Waals surface area contributed by atoms with E-state index in [0.29, 0.717) is 6.54 Å². The van der Waals surface area contributed by atoms with Gasteiger partial charge in [0.25, 0.3) is 0 Å². The molecule has 6 heteroatoms. The first-order valence-corrected chi connectivity index (χ1v) is 6.04. The molecule has 0 aliphatic carbocycles. The van der Waals surface area contributed by atoms with Crippen molar-refractivity contribution in [2.24, 2.45) is 0 Å². The van der Waals surface area contributed by atoms with E-state index in [-0.39, 0.29) is 0 Å². The Morgan fingerprint density at radius 3 is 2.75 bits per heavy atom. The smallest absolute Gasteiger partial charge is 0.209 e. The van der Waals surface area contributed by atoms with Crippen molar-refractivity contribution in [2.45, 2.75) is 13.5 Å². The molecule has 1 rings (SSSR count). The molecule has 12 heavy (non-hydrogen) atoms. The quantitative estimate of drug-likeness (QED) is 0.783. The topological polar surface area (TPSA) is 59.1 Å². The van der Waals surface area contributed by atoms with Gasteiger partial charge >= 0.3 is 0 Å². The minimum Gasteiger partial charge on any atom is -0.250 e. The van der Waals surface area contributed by atoms with E-state index in [9.17, 15) is 8.42 Å². The van der Waals surface area contributed by atoms with Gasteiger partial charge in [-0.15, -0.1) is 11.3 Å². The van der Waals surface area contributed by atoms with Crippen LogP contribution in [0.15, 0.2) is 6.20 Å². The molecule has 0 aromatic carbocycles. The summed E-state index contributed by atoms with van der Waals surface area (Å²) >= 11 is 1.49. The second-order valence-corrected chi connectivity index (χ2v) is 5.59. The van der Waals surface area contributed by atoms with Crippen LogP contribution in [0.2, 0.25) is 0 Å². The van der Waals surface area contributed by atoms with Gasteiger partial charge in [0.1, 0.15) is 0 Å². The molecule has 0 aliphatic heterocycles. The third kappa shape index (κ3) is 3.29. The van der Waals surface area contributed by atoms with E-state index >= 15 is 0 Å². The molecule has 0 atom stereocenters. The Balaban J connectivity index is 2.55. The number of hydrogen-bond donors (Lipinski definition) is 1. The minimum atomic E-state index is -3.08. The average Bonchev–Trinajstić information content (AvgIpc) is 2.30. The summed E-state index contributed by atoms with van der Waals surface area (Å²) in [6, 6.07) is 0. The summed E-state index contributed by atoms with van der Waals surface area (Å²) in [5.41, 5.74) is 0. The summed E-state index contributed by atoms with van der Waals surface area (Å²) in [7, 11) is -3.08.